The van der Waals surface area contributed by atoms with Crippen molar-refractivity contribution in [3.05, 3.63) is 29.1 Å². The lowest BCUT2D eigenvalue weighted by molar-refractivity contribution is -0.263. The minimum Gasteiger partial charge on any atom is -0.380 e. The largest absolute Gasteiger partial charge is 0.417 e. The maximum absolute atomic E-state index is 12.9. The second kappa shape index (κ2) is 6.96. The molecular formula is C16H22F3N3O2. The molecule has 0 spiro atoms. The number of alkyl halides is 3. The Morgan fingerprint density at radius 3 is 2.71 bits per heavy atom. The number of aromatic nitrogens is 1. The molecule has 24 heavy (non-hydrogen) atoms. The number of hydrogen-bond acceptors (Lipinski definition) is 3. The van der Waals surface area contributed by atoms with Gasteiger partial charge in [0.25, 0.3) is 0 Å². The second-order valence-electron chi connectivity index (χ2n) is 6.28. The Kier molecular flexibility index (Phi) is 5.37. The zero-order valence-electron chi connectivity index (χ0n) is 13.8. The minimum absolute atomic E-state index is 0.106. The molecule has 1 aromatic rings. The van der Waals surface area contributed by atoms with E-state index < -0.39 is 24.2 Å². The Bertz CT molecular complexity index is 607. The number of aliphatic hydroxyl groups is 1. The van der Waals surface area contributed by atoms with Crippen molar-refractivity contribution in [1.82, 2.24) is 15.2 Å². The molecule has 2 rings (SSSR count). The van der Waals surface area contributed by atoms with Gasteiger partial charge in [-0.25, -0.2) is 4.79 Å². The van der Waals surface area contributed by atoms with Gasteiger partial charge in [-0.1, -0.05) is 0 Å². The molecule has 1 aromatic heterocycles. The topological polar surface area (TPSA) is 65.5 Å². The summed E-state index contributed by atoms with van der Waals surface area (Å²) in [6.07, 6.45) is -3.79. The highest BCUT2D eigenvalue weighted by Gasteiger charge is 2.53. The molecule has 134 valence electrons. The minimum atomic E-state index is -4.68. The van der Waals surface area contributed by atoms with Crippen molar-refractivity contribution >= 4 is 6.03 Å². The first-order valence-corrected chi connectivity index (χ1v) is 7.86. The van der Waals surface area contributed by atoms with Crippen molar-refractivity contribution in [3.8, 4) is 0 Å². The third kappa shape index (κ3) is 4.17. The highest BCUT2D eigenvalue weighted by molar-refractivity contribution is 5.74. The van der Waals surface area contributed by atoms with Gasteiger partial charge in [-0.3, -0.25) is 4.98 Å². The van der Waals surface area contributed by atoms with Crippen LogP contribution in [-0.2, 0) is 6.54 Å². The summed E-state index contributed by atoms with van der Waals surface area (Å²) >= 11 is 0. The third-order valence-corrected chi connectivity index (χ3v) is 4.41. The van der Waals surface area contributed by atoms with E-state index >= 15 is 0 Å². The summed E-state index contributed by atoms with van der Waals surface area (Å²) in [5, 5.41) is 12.5. The Hall–Kier alpha value is -1.83. The van der Waals surface area contributed by atoms with Gasteiger partial charge in [0.2, 0.25) is 0 Å². The first kappa shape index (κ1) is 18.5. The van der Waals surface area contributed by atoms with Crippen molar-refractivity contribution in [2.24, 2.45) is 0 Å². The molecule has 5 nitrogen and oxygen atoms in total. The number of amides is 2. The molecule has 1 fully saturated rings. The van der Waals surface area contributed by atoms with Crippen LogP contribution >= 0.6 is 0 Å². The number of nitrogens with one attached hydrogen (secondary N) is 1. The number of aryl methyl sites for hydroxylation is 2. The van der Waals surface area contributed by atoms with Crippen LogP contribution in [0.2, 0.25) is 0 Å². The van der Waals surface area contributed by atoms with Crippen molar-refractivity contribution in [2.75, 3.05) is 13.1 Å². The molecule has 0 aromatic carbocycles. The van der Waals surface area contributed by atoms with E-state index in [0.717, 1.165) is 16.8 Å². The Labute approximate surface area is 138 Å². The van der Waals surface area contributed by atoms with E-state index in [0.29, 0.717) is 0 Å². The zero-order chi connectivity index (χ0) is 18.0. The summed E-state index contributed by atoms with van der Waals surface area (Å²) in [4.78, 5) is 17.7. The van der Waals surface area contributed by atoms with E-state index in [9.17, 15) is 23.1 Å². The van der Waals surface area contributed by atoms with Gasteiger partial charge in [-0.05, 0) is 43.9 Å². The molecule has 0 radical (unpaired) electrons. The molecule has 2 heterocycles. The molecule has 1 unspecified atom stereocenters. The van der Waals surface area contributed by atoms with Gasteiger partial charge >= 0.3 is 12.2 Å². The molecule has 0 aliphatic carbocycles. The van der Waals surface area contributed by atoms with Gasteiger partial charge in [0, 0.05) is 37.9 Å². The summed E-state index contributed by atoms with van der Waals surface area (Å²) in [5.74, 6) is 0. The normalized spacial score (nSPS) is 22.2. The van der Waals surface area contributed by atoms with Crippen LogP contribution in [0.5, 0.6) is 0 Å². The molecule has 1 atom stereocenters. The number of likely N-dealkylation sites (tertiary alicyclic amines) is 1. The molecule has 1 aliphatic heterocycles. The molecule has 1 aliphatic rings. The van der Waals surface area contributed by atoms with E-state index in [1.807, 2.05) is 19.9 Å². The van der Waals surface area contributed by atoms with Gasteiger partial charge < -0.3 is 15.3 Å². The predicted octanol–water partition coefficient (Wildman–Crippen LogP) is 2.69. The van der Waals surface area contributed by atoms with Crippen LogP contribution in [0.1, 0.15) is 36.1 Å². The fourth-order valence-electron chi connectivity index (χ4n) is 2.80. The molecular weight excluding hydrogens is 323 g/mol. The number of rotatable bonds is 2. The van der Waals surface area contributed by atoms with Crippen LogP contribution in [0.3, 0.4) is 0 Å². The lowest BCUT2D eigenvalue weighted by atomic mass is 9.94. The van der Waals surface area contributed by atoms with Crippen molar-refractivity contribution in [1.29, 1.82) is 0 Å². The SMILES string of the molecule is Cc1cc(C)c(CNC(=O)N2CCCC(O)(C(F)(F)F)CC2)cn1. The molecule has 1 saturated heterocycles. The number of carbonyl (C=O) groups excluding carboxylic acids is 1. The van der Waals surface area contributed by atoms with E-state index in [1.54, 1.807) is 6.20 Å². The summed E-state index contributed by atoms with van der Waals surface area (Å²) in [7, 11) is 0. The average molecular weight is 345 g/mol. The maximum Gasteiger partial charge on any atom is 0.417 e. The monoisotopic (exact) mass is 345 g/mol. The molecule has 0 saturated carbocycles. The lowest BCUT2D eigenvalue weighted by Crippen LogP contribution is -2.46. The molecule has 2 N–H and O–H groups in total. The van der Waals surface area contributed by atoms with Crippen LogP contribution in [0.15, 0.2) is 12.3 Å². The third-order valence-electron chi connectivity index (χ3n) is 4.41. The highest BCUT2D eigenvalue weighted by atomic mass is 19.4. The van der Waals surface area contributed by atoms with Gasteiger partial charge in [-0.2, -0.15) is 13.2 Å². The summed E-state index contributed by atoms with van der Waals surface area (Å²) in [5.41, 5.74) is 0.0154. The van der Waals surface area contributed by atoms with Gasteiger partial charge in [0.1, 0.15) is 0 Å². The maximum atomic E-state index is 12.9. The highest BCUT2D eigenvalue weighted by Crippen LogP contribution is 2.38. The van der Waals surface area contributed by atoms with E-state index in [-0.39, 0.29) is 32.5 Å². The van der Waals surface area contributed by atoms with Crippen molar-refractivity contribution in [3.63, 3.8) is 0 Å². The fraction of sp³-hybridized carbons (Fsp3) is 0.625. The number of halogens is 3. The van der Waals surface area contributed by atoms with Gasteiger partial charge in [0.15, 0.2) is 5.60 Å². The Balaban J connectivity index is 1.93. The van der Waals surface area contributed by atoms with Crippen LogP contribution in [0.4, 0.5) is 18.0 Å². The van der Waals surface area contributed by atoms with Gasteiger partial charge in [-0.15, -0.1) is 0 Å². The Morgan fingerprint density at radius 1 is 1.38 bits per heavy atom. The van der Waals surface area contributed by atoms with E-state index in [4.69, 9.17) is 0 Å². The van der Waals surface area contributed by atoms with E-state index in [1.165, 1.54) is 4.90 Å². The van der Waals surface area contributed by atoms with Gasteiger partial charge in [0.05, 0.1) is 0 Å². The predicted molar refractivity (Wildman–Crippen MR) is 82.4 cm³/mol. The smallest absolute Gasteiger partial charge is 0.380 e. The first-order valence-electron chi connectivity index (χ1n) is 7.86. The molecule has 2 amide bonds. The van der Waals surface area contributed by atoms with Crippen LogP contribution in [0.25, 0.3) is 0 Å². The second-order valence-corrected chi connectivity index (χ2v) is 6.28. The first-order chi connectivity index (χ1) is 11.1. The zero-order valence-corrected chi connectivity index (χ0v) is 13.8. The summed E-state index contributed by atoms with van der Waals surface area (Å²) in [6, 6.07) is 1.47. The standard InChI is InChI=1S/C16H22F3N3O2/c1-11-8-12(2)20-9-13(11)10-21-14(23)22-6-3-4-15(24,5-7-22)16(17,18)19/h8-9,24H,3-7,10H2,1-2H3,(H,21,23). The number of nitrogens with zero attached hydrogens (tertiary/aromatic N) is 2. The Morgan fingerprint density at radius 2 is 2.08 bits per heavy atom. The summed E-state index contributed by atoms with van der Waals surface area (Å²) in [6.45, 7) is 4.10. The summed E-state index contributed by atoms with van der Waals surface area (Å²) < 4.78 is 38.7. The van der Waals surface area contributed by atoms with Crippen LogP contribution in [-0.4, -0.2) is 45.9 Å². The number of pyridine rings is 1. The quantitative estimate of drug-likeness (QED) is 0.866. The molecule has 8 heteroatoms. The van der Waals surface area contributed by atoms with Crippen molar-refractivity contribution in [2.45, 2.75) is 51.4 Å². The van der Waals surface area contributed by atoms with E-state index in [2.05, 4.69) is 10.3 Å². The van der Waals surface area contributed by atoms with Crippen molar-refractivity contribution < 1.29 is 23.1 Å². The number of carbonyl (C=O) groups is 1. The lowest BCUT2D eigenvalue weighted by Gasteiger charge is -2.29. The number of urea groups is 1. The van der Waals surface area contributed by atoms with Crippen LogP contribution in [0, 0.1) is 13.8 Å². The molecule has 0 bridgehead atoms. The fourth-order valence-corrected chi connectivity index (χ4v) is 2.80. The number of hydrogen-bond donors (Lipinski definition) is 2. The average Bonchev–Trinajstić information content (AvgIpc) is 2.68. The van der Waals surface area contributed by atoms with Crippen LogP contribution < -0.4 is 5.32 Å².